The van der Waals surface area contributed by atoms with E-state index in [0.717, 1.165) is 22.7 Å². The maximum Gasteiger partial charge on any atom is 0.0186 e. The molecule has 0 bridgehead atoms. The normalized spacial score (nSPS) is 14.3. The molecule has 1 aromatic carbocycles. The van der Waals surface area contributed by atoms with E-state index in [9.17, 15) is 0 Å². The largest absolute Gasteiger partial charge is 0.313 e. The topological polar surface area (TPSA) is 12.0 Å². The third-order valence-electron chi connectivity index (χ3n) is 3.31. The first-order valence-corrected chi connectivity index (χ1v) is 9.05. The van der Waals surface area contributed by atoms with Gasteiger partial charge in [0.1, 0.15) is 0 Å². The molecule has 1 aromatic rings. The molecule has 0 spiro atoms. The van der Waals surface area contributed by atoms with E-state index in [0.29, 0.717) is 6.04 Å². The lowest BCUT2D eigenvalue weighted by molar-refractivity contribution is 0.417. The van der Waals surface area contributed by atoms with Crippen molar-refractivity contribution < 1.29 is 0 Å². The zero-order valence-corrected chi connectivity index (χ0v) is 14.7. The highest BCUT2D eigenvalue weighted by atomic mass is 79.9. The fourth-order valence-corrected chi connectivity index (χ4v) is 3.55. The van der Waals surface area contributed by atoms with Crippen molar-refractivity contribution in [3.05, 3.63) is 28.7 Å². The highest BCUT2D eigenvalue weighted by molar-refractivity contribution is 9.10. The second-order valence-corrected chi connectivity index (χ2v) is 7.18. The Bertz CT molecular complexity index is 356. The van der Waals surface area contributed by atoms with Crippen LogP contribution in [-0.4, -0.2) is 18.3 Å². The number of thioether (sulfide) groups is 1. The van der Waals surface area contributed by atoms with Crippen LogP contribution in [0, 0.1) is 5.92 Å². The summed E-state index contributed by atoms with van der Waals surface area (Å²) in [6.45, 7) is 7.99. The number of hydrogen-bond acceptors (Lipinski definition) is 2. The third-order valence-corrected chi connectivity index (χ3v) is 4.96. The molecule has 0 saturated heterocycles. The zero-order chi connectivity index (χ0) is 14.1. The molecule has 0 aliphatic heterocycles. The van der Waals surface area contributed by atoms with Crippen molar-refractivity contribution in [1.82, 2.24) is 5.32 Å². The molecule has 1 nitrogen and oxygen atoms in total. The Labute approximate surface area is 131 Å². The SMILES string of the molecule is CCCNC(CSc1cccc(Br)c1)CC(C)CC. The van der Waals surface area contributed by atoms with Crippen molar-refractivity contribution in [1.29, 1.82) is 0 Å². The Morgan fingerprint density at radius 2 is 2.11 bits per heavy atom. The van der Waals surface area contributed by atoms with E-state index >= 15 is 0 Å². The molecule has 108 valence electrons. The van der Waals surface area contributed by atoms with Crippen LogP contribution in [-0.2, 0) is 0 Å². The van der Waals surface area contributed by atoms with Crippen LogP contribution in [0.5, 0.6) is 0 Å². The first-order chi connectivity index (χ1) is 9.15. The Kier molecular flexibility index (Phi) is 8.84. The summed E-state index contributed by atoms with van der Waals surface area (Å²) >= 11 is 5.49. The molecule has 0 aromatic heterocycles. The van der Waals surface area contributed by atoms with E-state index in [1.807, 2.05) is 11.8 Å². The summed E-state index contributed by atoms with van der Waals surface area (Å²) in [4.78, 5) is 1.35. The van der Waals surface area contributed by atoms with Crippen LogP contribution in [0.4, 0.5) is 0 Å². The van der Waals surface area contributed by atoms with Crippen LogP contribution in [0.3, 0.4) is 0 Å². The molecule has 0 heterocycles. The fourth-order valence-electron chi connectivity index (χ4n) is 1.96. The molecule has 3 heteroatoms. The number of nitrogens with one attached hydrogen (secondary N) is 1. The van der Waals surface area contributed by atoms with Gasteiger partial charge in [0, 0.05) is 21.2 Å². The summed E-state index contributed by atoms with van der Waals surface area (Å²) in [6, 6.07) is 9.20. The molecular formula is C16H26BrNS. The van der Waals surface area contributed by atoms with Gasteiger partial charge in [-0.2, -0.15) is 0 Å². The Morgan fingerprint density at radius 1 is 1.32 bits per heavy atom. The van der Waals surface area contributed by atoms with Crippen LogP contribution in [0.15, 0.2) is 33.6 Å². The van der Waals surface area contributed by atoms with Crippen LogP contribution >= 0.6 is 27.7 Å². The van der Waals surface area contributed by atoms with Gasteiger partial charge >= 0.3 is 0 Å². The Morgan fingerprint density at radius 3 is 2.74 bits per heavy atom. The van der Waals surface area contributed by atoms with Gasteiger partial charge in [-0.3, -0.25) is 0 Å². The first-order valence-electron chi connectivity index (χ1n) is 7.27. The van der Waals surface area contributed by atoms with Gasteiger partial charge in [-0.15, -0.1) is 11.8 Å². The summed E-state index contributed by atoms with van der Waals surface area (Å²) in [5.41, 5.74) is 0. The molecule has 0 radical (unpaired) electrons. The first kappa shape index (κ1) is 17.1. The molecule has 0 saturated carbocycles. The predicted molar refractivity (Wildman–Crippen MR) is 91.0 cm³/mol. The van der Waals surface area contributed by atoms with Gasteiger partial charge in [0.25, 0.3) is 0 Å². The monoisotopic (exact) mass is 343 g/mol. The summed E-state index contributed by atoms with van der Waals surface area (Å²) in [5.74, 6) is 1.96. The van der Waals surface area contributed by atoms with Crippen LogP contribution in [0.2, 0.25) is 0 Å². The molecule has 19 heavy (non-hydrogen) atoms. The number of hydrogen-bond donors (Lipinski definition) is 1. The number of benzene rings is 1. The maximum absolute atomic E-state index is 3.69. The average molecular weight is 344 g/mol. The van der Waals surface area contributed by atoms with Crippen molar-refractivity contribution >= 4 is 27.7 Å². The van der Waals surface area contributed by atoms with Crippen molar-refractivity contribution in [2.45, 2.75) is 51.0 Å². The van der Waals surface area contributed by atoms with Crippen molar-refractivity contribution in [2.75, 3.05) is 12.3 Å². The minimum atomic E-state index is 0.624. The van der Waals surface area contributed by atoms with Gasteiger partial charge in [-0.1, -0.05) is 49.2 Å². The van der Waals surface area contributed by atoms with E-state index in [1.165, 1.54) is 24.2 Å². The van der Waals surface area contributed by atoms with Crippen LogP contribution < -0.4 is 5.32 Å². The fraction of sp³-hybridized carbons (Fsp3) is 0.625. The minimum absolute atomic E-state index is 0.624. The molecule has 0 aliphatic carbocycles. The molecule has 0 amide bonds. The summed E-state index contributed by atoms with van der Waals surface area (Å²) in [6.07, 6.45) is 3.75. The molecule has 0 fully saturated rings. The summed E-state index contributed by atoms with van der Waals surface area (Å²) in [7, 11) is 0. The highest BCUT2D eigenvalue weighted by Crippen LogP contribution is 2.24. The maximum atomic E-state index is 3.69. The Hall–Kier alpha value is 0.01000. The molecule has 1 rings (SSSR count). The lowest BCUT2D eigenvalue weighted by Crippen LogP contribution is -2.33. The minimum Gasteiger partial charge on any atom is -0.313 e. The second kappa shape index (κ2) is 9.84. The van der Waals surface area contributed by atoms with E-state index in [1.54, 1.807) is 0 Å². The third kappa shape index (κ3) is 7.38. The van der Waals surface area contributed by atoms with Crippen LogP contribution in [0.25, 0.3) is 0 Å². The van der Waals surface area contributed by atoms with E-state index < -0.39 is 0 Å². The summed E-state index contributed by atoms with van der Waals surface area (Å²) in [5, 5.41) is 3.69. The van der Waals surface area contributed by atoms with Gasteiger partial charge in [0.05, 0.1) is 0 Å². The van der Waals surface area contributed by atoms with Gasteiger partial charge < -0.3 is 5.32 Å². The highest BCUT2D eigenvalue weighted by Gasteiger charge is 2.12. The summed E-state index contributed by atoms with van der Waals surface area (Å²) < 4.78 is 1.16. The van der Waals surface area contributed by atoms with Crippen molar-refractivity contribution in [2.24, 2.45) is 5.92 Å². The van der Waals surface area contributed by atoms with E-state index in [2.05, 4.69) is 66.3 Å². The number of halogens is 1. The predicted octanol–water partition coefficient (Wildman–Crippen LogP) is 5.35. The van der Waals surface area contributed by atoms with Crippen molar-refractivity contribution in [3.8, 4) is 0 Å². The van der Waals surface area contributed by atoms with E-state index in [-0.39, 0.29) is 0 Å². The average Bonchev–Trinajstić information content (AvgIpc) is 2.41. The van der Waals surface area contributed by atoms with Gasteiger partial charge in [0.15, 0.2) is 0 Å². The van der Waals surface area contributed by atoms with Gasteiger partial charge in [-0.05, 0) is 43.5 Å². The van der Waals surface area contributed by atoms with Gasteiger partial charge in [0.2, 0.25) is 0 Å². The van der Waals surface area contributed by atoms with E-state index in [4.69, 9.17) is 0 Å². The lowest BCUT2D eigenvalue weighted by atomic mass is 10.0. The standard InChI is InChI=1S/C16H26BrNS/c1-4-9-18-15(10-13(3)5-2)12-19-16-8-6-7-14(17)11-16/h6-8,11,13,15,18H,4-5,9-10,12H2,1-3H3. The molecule has 2 atom stereocenters. The lowest BCUT2D eigenvalue weighted by Gasteiger charge is -2.21. The molecule has 0 aliphatic rings. The second-order valence-electron chi connectivity index (χ2n) is 5.17. The molecular weight excluding hydrogens is 318 g/mol. The van der Waals surface area contributed by atoms with Crippen molar-refractivity contribution in [3.63, 3.8) is 0 Å². The zero-order valence-electron chi connectivity index (χ0n) is 12.3. The van der Waals surface area contributed by atoms with Gasteiger partial charge in [-0.25, -0.2) is 0 Å². The smallest absolute Gasteiger partial charge is 0.0186 e. The Balaban J connectivity index is 2.47. The number of rotatable bonds is 9. The van der Waals surface area contributed by atoms with Crippen LogP contribution in [0.1, 0.15) is 40.0 Å². The molecule has 2 unspecified atom stereocenters. The quantitative estimate of drug-likeness (QED) is 0.607. The molecule has 1 N–H and O–H groups in total.